The first-order valence-corrected chi connectivity index (χ1v) is 7.20. The molecule has 0 unspecified atom stereocenters. The van der Waals surface area contributed by atoms with Crippen LogP contribution >= 0.6 is 39.7 Å². The lowest BCUT2D eigenvalue weighted by Crippen LogP contribution is -2.31. The molecule has 0 saturated heterocycles. The van der Waals surface area contributed by atoms with Gasteiger partial charge in [0, 0.05) is 22.9 Å². The van der Waals surface area contributed by atoms with Crippen molar-refractivity contribution >= 4 is 50.5 Å². The second kappa shape index (κ2) is 6.88. The first kappa shape index (κ1) is 14.3. The minimum absolute atomic E-state index is 0.584. The van der Waals surface area contributed by atoms with E-state index in [9.17, 15) is 0 Å². The van der Waals surface area contributed by atoms with Gasteiger partial charge in [-0.15, -0.1) is 0 Å². The zero-order valence-corrected chi connectivity index (χ0v) is 13.1. The minimum atomic E-state index is 0.584. The quantitative estimate of drug-likeness (QED) is 0.822. The molecule has 2 aromatic rings. The number of aromatic nitrogens is 2. The van der Waals surface area contributed by atoms with E-state index in [2.05, 4.69) is 31.7 Å². The van der Waals surface area contributed by atoms with Gasteiger partial charge in [0.1, 0.15) is 0 Å². The molecule has 7 heteroatoms. The molecule has 2 N–H and O–H groups in total. The Morgan fingerprint density at radius 1 is 1.37 bits per heavy atom. The molecule has 1 aromatic carbocycles. The van der Waals surface area contributed by atoms with E-state index in [1.165, 1.54) is 0 Å². The molecule has 0 spiro atoms. The Morgan fingerprint density at radius 3 is 2.74 bits per heavy atom. The monoisotopic (exact) mass is 358 g/mol. The van der Waals surface area contributed by atoms with E-state index < -0.39 is 0 Å². The summed E-state index contributed by atoms with van der Waals surface area (Å²) < 4.78 is 2.80. The predicted molar refractivity (Wildman–Crippen MR) is 85.6 cm³/mol. The number of hydrogen-bond donors (Lipinski definition) is 2. The maximum atomic E-state index is 5.78. The maximum absolute atomic E-state index is 5.78. The molecule has 0 aliphatic rings. The molecule has 4 nitrogen and oxygen atoms in total. The predicted octanol–water partition coefficient (Wildman–Crippen LogP) is 3.29. The highest BCUT2D eigenvalue weighted by Crippen LogP contribution is 2.13. The van der Waals surface area contributed by atoms with Crippen molar-refractivity contribution in [3.05, 3.63) is 46.2 Å². The van der Waals surface area contributed by atoms with Crippen LogP contribution in [-0.2, 0) is 6.54 Å². The normalized spacial score (nSPS) is 10.2. The fraction of sp³-hybridized carbons (Fsp3) is 0.167. The number of anilines is 1. The molecule has 0 aliphatic heterocycles. The summed E-state index contributed by atoms with van der Waals surface area (Å²) in [4.78, 5) is 0. The van der Waals surface area contributed by atoms with Crippen LogP contribution < -0.4 is 10.6 Å². The highest BCUT2D eigenvalue weighted by molar-refractivity contribution is 9.10. The molecule has 1 aromatic heterocycles. The van der Waals surface area contributed by atoms with E-state index in [-0.39, 0.29) is 0 Å². The van der Waals surface area contributed by atoms with E-state index >= 15 is 0 Å². The van der Waals surface area contributed by atoms with Gasteiger partial charge in [-0.1, -0.05) is 27.5 Å². The largest absolute Gasteiger partial charge is 0.361 e. The van der Waals surface area contributed by atoms with Crippen molar-refractivity contribution in [2.24, 2.45) is 0 Å². The Hall–Kier alpha value is -1.11. The number of nitrogens with zero attached hydrogens (tertiary/aromatic N) is 2. The van der Waals surface area contributed by atoms with Crippen LogP contribution in [0.4, 0.5) is 5.69 Å². The number of thiocarbonyl (C=S) groups is 1. The lowest BCUT2D eigenvalue weighted by Gasteiger charge is -2.10. The summed E-state index contributed by atoms with van der Waals surface area (Å²) in [5, 5.41) is 11.5. The van der Waals surface area contributed by atoms with E-state index in [4.69, 9.17) is 23.8 Å². The van der Waals surface area contributed by atoms with Crippen molar-refractivity contribution in [1.29, 1.82) is 0 Å². The molecule has 1 heterocycles. The molecule has 2 rings (SSSR count). The Labute approximate surface area is 130 Å². The summed E-state index contributed by atoms with van der Waals surface area (Å²) in [7, 11) is 0. The molecular formula is C12H12BrClN4S. The van der Waals surface area contributed by atoms with Gasteiger partial charge in [0.2, 0.25) is 0 Å². The van der Waals surface area contributed by atoms with Gasteiger partial charge < -0.3 is 10.6 Å². The molecule has 100 valence electrons. The summed E-state index contributed by atoms with van der Waals surface area (Å²) in [5.41, 5.74) is 0.947. The van der Waals surface area contributed by atoms with Gasteiger partial charge in [-0.3, -0.25) is 4.68 Å². The van der Waals surface area contributed by atoms with Gasteiger partial charge in [0.25, 0.3) is 0 Å². The van der Waals surface area contributed by atoms with Crippen molar-refractivity contribution in [3.63, 3.8) is 0 Å². The highest BCUT2D eigenvalue weighted by Gasteiger charge is 1.98. The zero-order valence-electron chi connectivity index (χ0n) is 9.94. The molecular weight excluding hydrogens is 348 g/mol. The van der Waals surface area contributed by atoms with Gasteiger partial charge in [0.05, 0.1) is 17.8 Å². The Bertz CT molecular complexity index is 555. The third kappa shape index (κ3) is 4.81. The maximum Gasteiger partial charge on any atom is 0.170 e. The van der Waals surface area contributed by atoms with Crippen molar-refractivity contribution < 1.29 is 0 Å². The van der Waals surface area contributed by atoms with Crippen LogP contribution in [0.25, 0.3) is 0 Å². The van der Waals surface area contributed by atoms with Gasteiger partial charge in [-0.2, -0.15) is 5.10 Å². The second-order valence-electron chi connectivity index (χ2n) is 3.81. The lowest BCUT2D eigenvalue weighted by atomic mass is 10.3. The van der Waals surface area contributed by atoms with Crippen LogP contribution in [0.5, 0.6) is 0 Å². The van der Waals surface area contributed by atoms with Gasteiger partial charge in [-0.05, 0) is 36.5 Å². The van der Waals surface area contributed by atoms with Crippen molar-refractivity contribution in [2.75, 3.05) is 11.9 Å². The Morgan fingerprint density at radius 2 is 2.11 bits per heavy atom. The topological polar surface area (TPSA) is 41.9 Å². The Balaban J connectivity index is 1.74. The summed E-state index contributed by atoms with van der Waals surface area (Å²) in [5.74, 6) is 0. The highest BCUT2D eigenvalue weighted by atomic mass is 79.9. The van der Waals surface area contributed by atoms with Crippen LogP contribution in [0.15, 0.2) is 41.1 Å². The number of benzene rings is 1. The third-order valence-corrected chi connectivity index (χ3v) is 3.30. The summed E-state index contributed by atoms with van der Waals surface area (Å²) in [6.07, 6.45) is 3.38. The van der Waals surface area contributed by atoms with Crippen LogP contribution in [0, 0.1) is 0 Å². The number of halogens is 2. The summed E-state index contributed by atoms with van der Waals surface area (Å²) >= 11 is 14.4. The average molecular weight is 360 g/mol. The summed E-state index contributed by atoms with van der Waals surface area (Å²) in [6.45, 7) is 1.38. The molecule has 0 bridgehead atoms. The van der Waals surface area contributed by atoms with Crippen molar-refractivity contribution in [3.8, 4) is 0 Å². The lowest BCUT2D eigenvalue weighted by molar-refractivity contribution is 0.604. The van der Waals surface area contributed by atoms with Crippen molar-refractivity contribution in [2.45, 2.75) is 6.54 Å². The fourth-order valence-electron chi connectivity index (χ4n) is 1.45. The second-order valence-corrected chi connectivity index (χ2v) is 5.57. The first-order valence-electron chi connectivity index (χ1n) is 5.62. The number of rotatable bonds is 4. The number of nitrogens with one attached hydrogen (secondary N) is 2. The Kier molecular flexibility index (Phi) is 5.18. The van der Waals surface area contributed by atoms with Crippen molar-refractivity contribution in [1.82, 2.24) is 15.1 Å². The molecule has 0 radical (unpaired) electrons. The minimum Gasteiger partial charge on any atom is -0.361 e. The fourth-order valence-corrected chi connectivity index (χ4v) is 2.09. The van der Waals surface area contributed by atoms with E-state index in [1.54, 1.807) is 17.1 Å². The third-order valence-electron chi connectivity index (χ3n) is 2.33. The molecule has 19 heavy (non-hydrogen) atoms. The van der Waals surface area contributed by atoms with Gasteiger partial charge >= 0.3 is 0 Å². The van der Waals surface area contributed by atoms with E-state index in [0.29, 0.717) is 23.2 Å². The molecule has 0 atom stereocenters. The molecule has 0 aliphatic carbocycles. The van der Waals surface area contributed by atoms with Crippen LogP contribution in [0.1, 0.15) is 0 Å². The van der Waals surface area contributed by atoms with Gasteiger partial charge in [0.15, 0.2) is 5.11 Å². The molecule has 0 amide bonds. The van der Waals surface area contributed by atoms with E-state index in [1.807, 2.05) is 24.3 Å². The van der Waals surface area contributed by atoms with Crippen LogP contribution in [0.2, 0.25) is 5.02 Å². The van der Waals surface area contributed by atoms with Crippen LogP contribution in [-0.4, -0.2) is 21.4 Å². The van der Waals surface area contributed by atoms with E-state index in [0.717, 1.165) is 10.2 Å². The van der Waals surface area contributed by atoms with Crippen LogP contribution in [0.3, 0.4) is 0 Å². The molecule has 0 saturated carbocycles. The molecule has 0 fully saturated rings. The summed E-state index contributed by atoms with van der Waals surface area (Å²) in [6, 6.07) is 7.81. The number of hydrogen-bond acceptors (Lipinski definition) is 2. The zero-order chi connectivity index (χ0) is 13.7. The standard InChI is InChI=1S/C12H12BrClN4S/c13-9-1-3-11(4-2-9)17-12(19)15-5-6-18-8-10(14)7-16-18/h1-4,7-8H,5-6H2,(H2,15,17,19). The van der Waals surface area contributed by atoms with Gasteiger partial charge in [-0.25, -0.2) is 0 Å². The SMILES string of the molecule is S=C(NCCn1cc(Cl)cn1)Nc1ccc(Br)cc1. The average Bonchev–Trinajstić information content (AvgIpc) is 2.78. The first-order chi connectivity index (χ1) is 9.13. The smallest absolute Gasteiger partial charge is 0.170 e.